The van der Waals surface area contributed by atoms with Gasteiger partial charge in [0.25, 0.3) is 0 Å². The number of hydrogen-bond donors (Lipinski definition) is 1. The molecule has 0 aromatic carbocycles. The Hall–Kier alpha value is -1.34. The van der Waals surface area contributed by atoms with Crippen LogP contribution in [-0.4, -0.2) is 37.4 Å². The van der Waals surface area contributed by atoms with Crippen LogP contribution >= 0.6 is 0 Å². The largest absolute Gasteiger partial charge is 0.481 e. The van der Waals surface area contributed by atoms with E-state index in [1.54, 1.807) is 13.8 Å². The smallest absolute Gasteiger partial charge is 0.304 e. The summed E-state index contributed by atoms with van der Waals surface area (Å²) in [6.45, 7) is 3.15. The molecule has 0 unspecified atom stereocenters. The number of rotatable bonds is 5. The second-order valence-corrected chi connectivity index (χ2v) is 5.76. The average Bonchev–Trinajstić information content (AvgIpc) is 2.54. The van der Waals surface area contributed by atoms with Crippen LogP contribution < -0.4 is 0 Å². The molecule has 0 aliphatic carbocycles. The number of furan rings is 1. The Morgan fingerprint density at radius 2 is 2.06 bits per heavy atom. The standard InChI is InChI=1S/C10H15NO5S/c1-7-6-9(8(2)16-7)17(14,15)11(3)5-4-10(12)13/h6H,4-5H2,1-3H3,(H,12,13). The highest BCUT2D eigenvalue weighted by Gasteiger charge is 2.25. The van der Waals surface area contributed by atoms with Gasteiger partial charge in [-0.25, -0.2) is 12.7 Å². The van der Waals surface area contributed by atoms with Gasteiger partial charge in [-0.3, -0.25) is 4.79 Å². The Morgan fingerprint density at radius 1 is 1.47 bits per heavy atom. The number of aliphatic carboxylic acids is 1. The number of sulfonamides is 1. The molecule has 0 atom stereocenters. The number of carboxylic acids is 1. The van der Waals surface area contributed by atoms with Crippen LogP contribution in [0.25, 0.3) is 0 Å². The molecule has 96 valence electrons. The Labute approximate surface area is 99.9 Å². The van der Waals surface area contributed by atoms with E-state index in [1.165, 1.54) is 13.1 Å². The number of carbonyl (C=O) groups is 1. The fourth-order valence-corrected chi connectivity index (χ4v) is 2.79. The van der Waals surface area contributed by atoms with Crippen molar-refractivity contribution in [3.63, 3.8) is 0 Å². The molecule has 1 N–H and O–H groups in total. The maximum absolute atomic E-state index is 12.1. The minimum atomic E-state index is -3.67. The van der Waals surface area contributed by atoms with Crippen molar-refractivity contribution in [3.05, 3.63) is 17.6 Å². The maximum Gasteiger partial charge on any atom is 0.304 e. The molecule has 1 aromatic rings. The molecule has 0 bridgehead atoms. The van der Waals surface area contributed by atoms with Crippen LogP contribution in [0.4, 0.5) is 0 Å². The Morgan fingerprint density at radius 3 is 2.47 bits per heavy atom. The molecule has 0 fully saturated rings. The van der Waals surface area contributed by atoms with Crippen molar-refractivity contribution in [2.75, 3.05) is 13.6 Å². The molecule has 1 rings (SSSR count). The predicted molar refractivity (Wildman–Crippen MR) is 60.3 cm³/mol. The highest BCUT2D eigenvalue weighted by molar-refractivity contribution is 7.89. The quantitative estimate of drug-likeness (QED) is 0.854. The second-order valence-electron chi connectivity index (χ2n) is 3.75. The molecule has 7 heteroatoms. The third-order valence-corrected chi connectivity index (χ3v) is 4.29. The van der Waals surface area contributed by atoms with Crippen LogP contribution in [-0.2, 0) is 14.8 Å². The van der Waals surface area contributed by atoms with E-state index in [1.807, 2.05) is 0 Å². The van der Waals surface area contributed by atoms with Gasteiger partial charge in [0.2, 0.25) is 10.0 Å². The van der Waals surface area contributed by atoms with Crippen LogP contribution in [0.3, 0.4) is 0 Å². The molecular formula is C10H15NO5S. The first-order valence-electron chi connectivity index (χ1n) is 5.00. The zero-order chi connectivity index (χ0) is 13.2. The summed E-state index contributed by atoms with van der Waals surface area (Å²) in [4.78, 5) is 10.5. The third-order valence-electron chi connectivity index (χ3n) is 2.32. The number of nitrogens with zero attached hydrogens (tertiary/aromatic N) is 1. The lowest BCUT2D eigenvalue weighted by Gasteiger charge is -2.15. The number of aryl methyl sites for hydroxylation is 2. The topological polar surface area (TPSA) is 87.8 Å². The third kappa shape index (κ3) is 3.07. The van der Waals surface area contributed by atoms with Gasteiger partial charge in [-0.2, -0.15) is 0 Å². The van der Waals surface area contributed by atoms with Crippen molar-refractivity contribution in [3.8, 4) is 0 Å². The highest BCUT2D eigenvalue weighted by atomic mass is 32.2. The van der Waals surface area contributed by atoms with Gasteiger partial charge < -0.3 is 9.52 Å². The summed E-state index contributed by atoms with van der Waals surface area (Å²) in [5, 5.41) is 8.52. The highest BCUT2D eigenvalue weighted by Crippen LogP contribution is 2.22. The Balaban J connectivity index is 2.95. The first-order chi connectivity index (χ1) is 7.75. The fourth-order valence-electron chi connectivity index (χ4n) is 1.40. The van der Waals surface area contributed by atoms with E-state index in [9.17, 15) is 13.2 Å². The van der Waals surface area contributed by atoms with Crippen LogP contribution in [0.15, 0.2) is 15.4 Å². The van der Waals surface area contributed by atoms with Crippen molar-refractivity contribution in [2.45, 2.75) is 25.2 Å². The summed E-state index contributed by atoms with van der Waals surface area (Å²) in [5.41, 5.74) is 0. The van der Waals surface area contributed by atoms with E-state index in [4.69, 9.17) is 9.52 Å². The minimum Gasteiger partial charge on any atom is -0.481 e. The van der Waals surface area contributed by atoms with Crippen molar-refractivity contribution in [2.24, 2.45) is 0 Å². The second kappa shape index (κ2) is 4.89. The summed E-state index contributed by atoms with van der Waals surface area (Å²) in [5.74, 6) is -0.218. The van der Waals surface area contributed by atoms with Gasteiger partial charge >= 0.3 is 5.97 Å². The number of carboxylic acid groups (broad SMARTS) is 1. The van der Waals surface area contributed by atoms with Gasteiger partial charge in [0.05, 0.1) is 6.42 Å². The Kier molecular flexibility index (Phi) is 3.94. The van der Waals surface area contributed by atoms with Crippen molar-refractivity contribution >= 4 is 16.0 Å². The van der Waals surface area contributed by atoms with Crippen molar-refractivity contribution in [1.29, 1.82) is 0 Å². The monoisotopic (exact) mass is 261 g/mol. The lowest BCUT2D eigenvalue weighted by molar-refractivity contribution is -0.137. The molecule has 0 aliphatic heterocycles. The van der Waals surface area contributed by atoms with Crippen LogP contribution in [0.2, 0.25) is 0 Å². The van der Waals surface area contributed by atoms with Crippen LogP contribution in [0.5, 0.6) is 0 Å². The zero-order valence-corrected chi connectivity index (χ0v) is 10.7. The maximum atomic E-state index is 12.1. The lowest BCUT2D eigenvalue weighted by Crippen LogP contribution is -2.29. The van der Waals surface area contributed by atoms with E-state index in [0.29, 0.717) is 11.5 Å². The SMILES string of the molecule is Cc1cc(S(=O)(=O)N(C)CCC(=O)O)c(C)o1. The van der Waals surface area contributed by atoms with Gasteiger partial charge in [-0.05, 0) is 19.9 Å². The van der Waals surface area contributed by atoms with Crippen LogP contribution in [0.1, 0.15) is 17.9 Å². The van der Waals surface area contributed by atoms with E-state index < -0.39 is 16.0 Å². The molecule has 0 spiro atoms. The average molecular weight is 261 g/mol. The van der Waals surface area contributed by atoms with E-state index >= 15 is 0 Å². The molecule has 1 aromatic heterocycles. The zero-order valence-electron chi connectivity index (χ0n) is 9.93. The molecule has 6 nitrogen and oxygen atoms in total. The van der Waals surface area contributed by atoms with Gasteiger partial charge in [0, 0.05) is 13.6 Å². The summed E-state index contributed by atoms with van der Waals surface area (Å²) in [6, 6.07) is 1.43. The first-order valence-corrected chi connectivity index (χ1v) is 6.44. The molecule has 1 heterocycles. The molecule has 0 amide bonds. The van der Waals surface area contributed by atoms with Gasteiger partial charge in [0.15, 0.2) is 0 Å². The summed E-state index contributed by atoms with van der Waals surface area (Å²) < 4.78 is 30.3. The molecule has 17 heavy (non-hydrogen) atoms. The lowest BCUT2D eigenvalue weighted by atomic mass is 10.4. The molecule has 0 aliphatic rings. The van der Waals surface area contributed by atoms with Gasteiger partial charge in [-0.1, -0.05) is 0 Å². The molecule has 0 radical (unpaired) electrons. The van der Waals surface area contributed by atoms with Gasteiger partial charge in [0.1, 0.15) is 16.4 Å². The number of hydrogen-bond acceptors (Lipinski definition) is 4. The fraction of sp³-hybridized carbons (Fsp3) is 0.500. The summed E-state index contributed by atoms with van der Waals surface area (Å²) >= 11 is 0. The van der Waals surface area contributed by atoms with Gasteiger partial charge in [-0.15, -0.1) is 0 Å². The molecular weight excluding hydrogens is 246 g/mol. The minimum absolute atomic E-state index is 0.0681. The predicted octanol–water partition coefficient (Wildman–Crippen LogP) is 0.992. The Bertz CT molecular complexity index is 517. The molecule has 0 saturated heterocycles. The van der Waals surface area contributed by atoms with E-state index in [-0.39, 0.29) is 17.9 Å². The van der Waals surface area contributed by atoms with Crippen LogP contribution in [0, 0.1) is 13.8 Å². The van der Waals surface area contributed by atoms with E-state index in [2.05, 4.69) is 0 Å². The first kappa shape index (κ1) is 13.7. The van der Waals surface area contributed by atoms with Crippen molar-refractivity contribution < 1.29 is 22.7 Å². The van der Waals surface area contributed by atoms with Crippen molar-refractivity contribution in [1.82, 2.24) is 4.31 Å². The van der Waals surface area contributed by atoms with E-state index in [0.717, 1.165) is 4.31 Å². The molecule has 0 saturated carbocycles. The normalized spacial score (nSPS) is 12.0. The summed E-state index contributed by atoms with van der Waals surface area (Å²) in [7, 11) is -2.32. The summed E-state index contributed by atoms with van der Waals surface area (Å²) in [6.07, 6.45) is -0.231.